The van der Waals surface area contributed by atoms with E-state index < -0.39 is 9.05 Å². The maximum Gasteiger partial charge on any atom is 0.235 e. The van der Waals surface area contributed by atoms with Gasteiger partial charge < -0.3 is 0 Å². The van der Waals surface area contributed by atoms with Gasteiger partial charge in [-0.3, -0.25) is 0 Å². The molecule has 0 N–H and O–H groups in total. The zero-order valence-corrected chi connectivity index (χ0v) is 9.79. The Kier molecular flexibility index (Phi) is 3.29. The van der Waals surface area contributed by atoms with Crippen molar-refractivity contribution in [1.29, 1.82) is 0 Å². The standard InChI is InChI=1S/C9H17ClO2S/c1-9(2)7-5-3-4-6-8(9)13(10,11)12/h8H,3-7H2,1-2H3. The third-order valence-corrected chi connectivity index (χ3v) is 5.20. The Labute approximate surface area is 85.1 Å². The predicted octanol–water partition coefficient (Wildman–Crippen LogP) is 2.91. The molecule has 1 rings (SSSR count). The van der Waals surface area contributed by atoms with Crippen molar-refractivity contribution >= 4 is 19.7 Å². The Balaban J connectivity index is 2.91. The summed E-state index contributed by atoms with van der Waals surface area (Å²) in [5.41, 5.74) is -0.156. The SMILES string of the molecule is CC1(C)CCCCCC1S(=O)(=O)Cl. The molecule has 0 spiro atoms. The van der Waals surface area contributed by atoms with E-state index in [0.717, 1.165) is 32.1 Å². The van der Waals surface area contributed by atoms with Crippen LogP contribution in [0.2, 0.25) is 0 Å². The first-order valence-electron chi connectivity index (χ1n) is 4.77. The average Bonchev–Trinajstić information content (AvgIpc) is 2.07. The molecule has 0 aromatic rings. The van der Waals surface area contributed by atoms with E-state index in [4.69, 9.17) is 10.7 Å². The first kappa shape index (κ1) is 11.3. The molecule has 2 nitrogen and oxygen atoms in total. The lowest BCUT2D eigenvalue weighted by atomic mass is 9.84. The molecule has 0 heterocycles. The monoisotopic (exact) mass is 224 g/mol. The van der Waals surface area contributed by atoms with Crippen LogP contribution in [0, 0.1) is 5.41 Å². The molecule has 1 unspecified atom stereocenters. The summed E-state index contributed by atoms with van der Waals surface area (Å²) in [5.74, 6) is 0. The smallest absolute Gasteiger partial charge is 0.212 e. The summed E-state index contributed by atoms with van der Waals surface area (Å²) in [6.07, 6.45) is 4.92. The van der Waals surface area contributed by atoms with E-state index >= 15 is 0 Å². The summed E-state index contributed by atoms with van der Waals surface area (Å²) < 4.78 is 22.6. The second kappa shape index (κ2) is 3.77. The fourth-order valence-corrected chi connectivity index (χ4v) is 4.48. The molecule has 0 aromatic heterocycles. The number of hydrogen-bond acceptors (Lipinski definition) is 2. The van der Waals surface area contributed by atoms with E-state index in [1.165, 1.54) is 0 Å². The van der Waals surface area contributed by atoms with Crippen molar-refractivity contribution in [3.05, 3.63) is 0 Å². The van der Waals surface area contributed by atoms with Gasteiger partial charge in [0.1, 0.15) is 0 Å². The summed E-state index contributed by atoms with van der Waals surface area (Å²) in [6.45, 7) is 4.01. The Morgan fingerprint density at radius 3 is 2.38 bits per heavy atom. The van der Waals surface area contributed by atoms with Gasteiger partial charge in [-0.2, -0.15) is 0 Å². The summed E-state index contributed by atoms with van der Waals surface area (Å²) in [5, 5.41) is -0.357. The highest BCUT2D eigenvalue weighted by Gasteiger charge is 2.38. The van der Waals surface area contributed by atoms with Gasteiger partial charge in [-0.15, -0.1) is 0 Å². The molecule has 1 atom stereocenters. The zero-order chi connectivity index (χ0) is 10.1. The maximum absolute atomic E-state index is 11.3. The van der Waals surface area contributed by atoms with Crippen molar-refractivity contribution in [2.24, 2.45) is 5.41 Å². The van der Waals surface area contributed by atoms with Crippen LogP contribution in [0.15, 0.2) is 0 Å². The second-order valence-corrected chi connectivity index (χ2v) is 7.36. The van der Waals surface area contributed by atoms with Gasteiger partial charge in [0.25, 0.3) is 0 Å². The molecule has 1 aliphatic rings. The summed E-state index contributed by atoms with van der Waals surface area (Å²) in [4.78, 5) is 0. The minimum Gasteiger partial charge on any atom is -0.212 e. The first-order chi connectivity index (χ1) is 5.84. The number of halogens is 1. The molecule has 0 aromatic carbocycles. The molecule has 1 fully saturated rings. The van der Waals surface area contributed by atoms with Crippen LogP contribution >= 0.6 is 10.7 Å². The Morgan fingerprint density at radius 2 is 1.85 bits per heavy atom. The summed E-state index contributed by atoms with van der Waals surface area (Å²) >= 11 is 0. The van der Waals surface area contributed by atoms with E-state index in [1.807, 2.05) is 13.8 Å². The summed E-state index contributed by atoms with van der Waals surface area (Å²) in [6, 6.07) is 0. The van der Waals surface area contributed by atoms with Crippen molar-refractivity contribution in [3.63, 3.8) is 0 Å². The molecule has 0 amide bonds. The highest BCUT2D eigenvalue weighted by molar-refractivity contribution is 8.14. The molecular formula is C9H17ClO2S. The van der Waals surface area contributed by atoms with E-state index in [2.05, 4.69) is 0 Å². The molecule has 13 heavy (non-hydrogen) atoms. The maximum atomic E-state index is 11.3. The van der Waals surface area contributed by atoms with Gasteiger partial charge in [-0.25, -0.2) is 8.42 Å². The molecule has 1 aliphatic carbocycles. The van der Waals surface area contributed by atoms with Crippen LogP contribution in [-0.4, -0.2) is 13.7 Å². The minimum atomic E-state index is -3.38. The van der Waals surface area contributed by atoms with Crippen LogP contribution in [0.3, 0.4) is 0 Å². The second-order valence-electron chi connectivity index (χ2n) is 4.55. The molecule has 1 saturated carbocycles. The van der Waals surface area contributed by atoms with Gasteiger partial charge in [-0.05, 0) is 18.3 Å². The Morgan fingerprint density at radius 1 is 1.23 bits per heavy atom. The van der Waals surface area contributed by atoms with Gasteiger partial charge in [0, 0.05) is 10.7 Å². The van der Waals surface area contributed by atoms with Crippen LogP contribution < -0.4 is 0 Å². The highest BCUT2D eigenvalue weighted by atomic mass is 35.7. The van der Waals surface area contributed by atoms with Gasteiger partial charge in [-0.1, -0.05) is 33.1 Å². The Bertz CT molecular complexity index is 269. The minimum absolute atomic E-state index is 0.156. The molecule has 4 heteroatoms. The third kappa shape index (κ3) is 2.84. The van der Waals surface area contributed by atoms with Crippen LogP contribution in [0.5, 0.6) is 0 Å². The van der Waals surface area contributed by atoms with Crippen LogP contribution in [0.1, 0.15) is 46.0 Å². The van der Waals surface area contributed by atoms with Crippen LogP contribution in [0.4, 0.5) is 0 Å². The molecular weight excluding hydrogens is 208 g/mol. The van der Waals surface area contributed by atoms with Crippen LogP contribution in [0.25, 0.3) is 0 Å². The highest BCUT2D eigenvalue weighted by Crippen LogP contribution is 2.39. The molecule has 0 radical (unpaired) electrons. The topological polar surface area (TPSA) is 34.1 Å². The van der Waals surface area contributed by atoms with E-state index in [1.54, 1.807) is 0 Å². The van der Waals surface area contributed by atoms with Crippen molar-refractivity contribution in [3.8, 4) is 0 Å². The van der Waals surface area contributed by atoms with Crippen molar-refractivity contribution in [1.82, 2.24) is 0 Å². The summed E-state index contributed by atoms with van der Waals surface area (Å²) in [7, 11) is 2.06. The van der Waals surface area contributed by atoms with Crippen LogP contribution in [-0.2, 0) is 9.05 Å². The fraction of sp³-hybridized carbons (Fsp3) is 1.00. The third-order valence-electron chi connectivity index (χ3n) is 3.00. The number of rotatable bonds is 1. The lowest BCUT2D eigenvalue weighted by Crippen LogP contribution is -2.33. The number of hydrogen-bond donors (Lipinski definition) is 0. The molecule has 0 saturated heterocycles. The zero-order valence-electron chi connectivity index (χ0n) is 8.22. The average molecular weight is 225 g/mol. The quantitative estimate of drug-likeness (QED) is 0.507. The van der Waals surface area contributed by atoms with E-state index in [9.17, 15) is 8.42 Å². The lowest BCUT2D eigenvalue weighted by molar-refractivity contribution is 0.317. The normalized spacial score (nSPS) is 29.6. The largest absolute Gasteiger partial charge is 0.235 e. The molecule has 78 valence electrons. The van der Waals surface area contributed by atoms with Gasteiger partial charge in [0.15, 0.2) is 0 Å². The van der Waals surface area contributed by atoms with Gasteiger partial charge in [0.05, 0.1) is 5.25 Å². The van der Waals surface area contributed by atoms with Gasteiger partial charge >= 0.3 is 0 Å². The van der Waals surface area contributed by atoms with Crippen molar-refractivity contribution < 1.29 is 8.42 Å². The first-order valence-corrected chi connectivity index (χ1v) is 7.15. The van der Waals surface area contributed by atoms with E-state index in [-0.39, 0.29) is 10.7 Å². The van der Waals surface area contributed by atoms with Crippen molar-refractivity contribution in [2.75, 3.05) is 0 Å². The van der Waals surface area contributed by atoms with E-state index in [0.29, 0.717) is 0 Å². The fourth-order valence-electron chi connectivity index (χ4n) is 2.16. The molecule has 0 aliphatic heterocycles. The molecule has 0 bridgehead atoms. The Hall–Kier alpha value is 0.240. The van der Waals surface area contributed by atoms with Crippen molar-refractivity contribution in [2.45, 2.75) is 51.2 Å². The van der Waals surface area contributed by atoms with Gasteiger partial charge in [0.2, 0.25) is 9.05 Å². The predicted molar refractivity (Wildman–Crippen MR) is 55.4 cm³/mol. The lowest BCUT2D eigenvalue weighted by Gasteiger charge is -2.29.